The van der Waals surface area contributed by atoms with E-state index in [2.05, 4.69) is 64.5 Å². The molecule has 17 heavy (non-hydrogen) atoms. The van der Waals surface area contributed by atoms with Crippen LogP contribution >= 0.6 is 15.9 Å². The number of aromatic nitrogens is 1. The maximum atomic E-state index is 3.57. The molecular weight excluding hydrogens is 276 g/mol. The summed E-state index contributed by atoms with van der Waals surface area (Å²) in [4.78, 5) is 3.34. The predicted molar refractivity (Wildman–Crippen MR) is 77.5 cm³/mol. The van der Waals surface area contributed by atoms with E-state index in [9.17, 15) is 0 Å². The highest BCUT2D eigenvalue weighted by molar-refractivity contribution is 9.10. The summed E-state index contributed by atoms with van der Waals surface area (Å²) < 4.78 is 1.14. The minimum absolute atomic E-state index is 0.576. The molecule has 0 saturated heterocycles. The molecule has 1 aromatic heterocycles. The number of fused-ring (bicyclic) bond motifs is 1. The summed E-state index contributed by atoms with van der Waals surface area (Å²) in [7, 11) is 0. The molecule has 0 spiro atoms. The van der Waals surface area contributed by atoms with Crippen molar-refractivity contribution in [2.45, 2.75) is 32.7 Å². The molecule has 2 rings (SSSR count). The number of rotatable bonds is 5. The highest BCUT2D eigenvalue weighted by Gasteiger charge is 2.05. The Morgan fingerprint density at radius 2 is 2.18 bits per heavy atom. The normalized spacial score (nSPS) is 11.5. The van der Waals surface area contributed by atoms with Gasteiger partial charge in [-0.2, -0.15) is 0 Å². The number of aromatic amines is 1. The maximum absolute atomic E-state index is 3.57. The first-order chi connectivity index (χ1) is 8.18. The van der Waals surface area contributed by atoms with Crippen LogP contribution in [0.1, 0.15) is 25.8 Å². The SMILES string of the molecule is CC(C)NCCCc1c[nH]c2c(Br)cccc12. The van der Waals surface area contributed by atoms with Crippen LogP contribution in [-0.2, 0) is 6.42 Å². The van der Waals surface area contributed by atoms with Gasteiger partial charge in [-0.25, -0.2) is 0 Å². The zero-order chi connectivity index (χ0) is 12.3. The van der Waals surface area contributed by atoms with Gasteiger partial charge in [-0.15, -0.1) is 0 Å². The molecule has 0 saturated carbocycles. The Labute approximate surface area is 111 Å². The lowest BCUT2D eigenvalue weighted by molar-refractivity contribution is 0.571. The van der Waals surface area contributed by atoms with Gasteiger partial charge in [0.1, 0.15) is 0 Å². The number of hydrogen-bond acceptors (Lipinski definition) is 1. The molecule has 0 aliphatic heterocycles. The van der Waals surface area contributed by atoms with Gasteiger partial charge in [-0.3, -0.25) is 0 Å². The van der Waals surface area contributed by atoms with E-state index in [0.29, 0.717) is 6.04 Å². The number of H-pyrrole nitrogens is 1. The number of nitrogens with one attached hydrogen (secondary N) is 2. The second kappa shape index (κ2) is 5.69. The molecule has 0 amide bonds. The van der Waals surface area contributed by atoms with Crippen molar-refractivity contribution in [1.82, 2.24) is 10.3 Å². The largest absolute Gasteiger partial charge is 0.360 e. The number of aryl methyl sites for hydroxylation is 1. The molecule has 0 radical (unpaired) electrons. The van der Waals surface area contributed by atoms with Gasteiger partial charge in [0.15, 0.2) is 0 Å². The van der Waals surface area contributed by atoms with Crippen molar-refractivity contribution >= 4 is 26.8 Å². The summed E-state index contributed by atoms with van der Waals surface area (Å²) in [5, 5.41) is 4.78. The molecule has 0 atom stereocenters. The van der Waals surface area contributed by atoms with Crippen molar-refractivity contribution in [2.24, 2.45) is 0 Å². The van der Waals surface area contributed by atoms with Crippen molar-refractivity contribution in [1.29, 1.82) is 0 Å². The van der Waals surface area contributed by atoms with Crippen molar-refractivity contribution in [2.75, 3.05) is 6.54 Å². The molecule has 0 bridgehead atoms. The summed E-state index contributed by atoms with van der Waals surface area (Å²) in [6.45, 7) is 5.45. The molecule has 1 heterocycles. The average Bonchev–Trinajstić information content (AvgIpc) is 2.69. The van der Waals surface area contributed by atoms with Crippen LogP contribution in [0.15, 0.2) is 28.9 Å². The van der Waals surface area contributed by atoms with Gasteiger partial charge in [0.25, 0.3) is 0 Å². The van der Waals surface area contributed by atoms with E-state index in [1.54, 1.807) is 0 Å². The Hall–Kier alpha value is -0.800. The summed E-state index contributed by atoms with van der Waals surface area (Å²) in [5.41, 5.74) is 2.62. The Bertz CT molecular complexity index is 488. The van der Waals surface area contributed by atoms with Crippen LogP contribution in [0.5, 0.6) is 0 Å². The standard InChI is InChI=1S/C14H19BrN2/c1-10(2)16-8-4-5-11-9-17-14-12(11)6-3-7-13(14)15/h3,6-7,9-10,16-17H,4-5,8H2,1-2H3. The molecule has 3 heteroatoms. The molecule has 92 valence electrons. The summed E-state index contributed by atoms with van der Waals surface area (Å²) in [6.07, 6.45) is 4.43. The van der Waals surface area contributed by atoms with Gasteiger partial charge in [-0.05, 0) is 46.9 Å². The summed E-state index contributed by atoms with van der Waals surface area (Å²) in [6, 6.07) is 6.92. The van der Waals surface area contributed by atoms with Crippen molar-refractivity contribution in [3.8, 4) is 0 Å². The Balaban J connectivity index is 2.02. The Morgan fingerprint density at radius 1 is 1.35 bits per heavy atom. The van der Waals surface area contributed by atoms with Gasteiger partial charge in [0.2, 0.25) is 0 Å². The van der Waals surface area contributed by atoms with Gasteiger partial charge in [0.05, 0.1) is 5.52 Å². The van der Waals surface area contributed by atoms with Crippen LogP contribution in [0, 0.1) is 0 Å². The third-order valence-corrected chi connectivity index (χ3v) is 3.59. The minimum Gasteiger partial charge on any atom is -0.360 e. The van der Waals surface area contributed by atoms with Gasteiger partial charge in [0, 0.05) is 22.1 Å². The van der Waals surface area contributed by atoms with Gasteiger partial charge in [-0.1, -0.05) is 26.0 Å². The smallest absolute Gasteiger partial charge is 0.0601 e. The highest BCUT2D eigenvalue weighted by atomic mass is 79.9. The quantitative estimate of drug-likeness (QED) is 0.805. The maximum Gasteiger partial charge on any atom is 0.0601 e. The molecule has 2 N–H and O–H groups in total. The number of halogens is 1. The van der Waals surface area contributed by atoms with Crippen molar-refractivity contribution < 1.29 is 0 Å². The van der Waals surface area contributed by atoms with E-state index < -0.39 is 0 Å². The fourth-order valence-corrected chi connectivity index (χ4v) is 2.53. The van der Waals surface area contributed by atoms with Crippen molar-refractivity contribution in [3.05, 3.63) is 34.4 Å². The zero-order valence-corrected chi connectivity index (χ0v) is 12.0. The van der Waals surface area contributed by atoms with E-state index in [4.69, 9.17) is 0 Å². The first-order valence-corrected chi connectivity index (χ1v) is 6.95. The number of para-hydroxylation sites is 1. The number of hydrogen-bond donors (Lipinski definition) is 2. The van der Waals surface area contributed by atoms with Gasteiger partial charge >= 0.3 is 0 Å². The van der Waals surface area contributed by atoms with E-state index in [0.717, 1.165) is 17.4 Å². The summed E-state index contributed by atoms with van der Waals surface area (Å²) in [5.74, 6) is 0. The highest BCUT2D eigenvalue weighted by Crippen LogP contribution is 2.26. The first-order valence-electron chi connectivity index (χ1n) is 6.16. The monoisotopic (exact) mass is 294 g/mol. The van der Waals surface area contributed by atoms with Crippen LogP contribution in [0.3, 0.4) is 0 Å². The second-order valence-corrected chi connectivity index (χ2v) is 5.54. The Kier molecular flexibility index (Phi) is 4.24. The average molecular weight is 295 g/mol. The van der Waals surface area contributed by atoms with Crippen molar-refractivity contribution in [3.63, 3.8) is 0 Å². The van der Waals surface area contributed by atoms with Crippen LogP contribution in [0.25, 0.3) is 10.9 Å². The molecular formula is C14H19BrN2. The summed E-state index contributed by atoms with van der Waals surface area (Å²) >= 11 is 3.57. The second-order valence-electron chi connectivity index (χ2n) is 4.69. The Morgan fingerprint density at radius 3 is 2.94 bits per heavy atom. The zero-order valence-electron chi connectivity index (χ0n) is 10.4. The molecule has 0 fully saturated rings. The number of benzene rings is 1. The van der Waals surface area contributed by atoms with E-state index in [1.807, 2.05) is 0 Å². The molecule has 0 unspecified atom stereocenters. The predicted octanol–water partition coefficient (Wildman–Crippen LogP) is 3.86. The molecule has 0 aliphatic carbocycles. The van der Waals surface area contributed by atoms with Crippen LogP contribution < -0.4 is 5.32 Å². The molecule has 0 aliphatic rings. The van der Waals surface area contributed by atoms with E-state index >= 15 is 0 Å². The van der Waals surface area contributed by atoms with Gasteiger partial charge < -0.3 is 10.3 Å². The van der Waals surface area contributed by atoms with E-state index in [1.165, 1.54) is 22.9 Å². The van der Waals surface area contributed by atoms with E-state index in [-0.39, 0.29) is 0 Å². The fraction of sp³-hybridized carbons (Fsp3) is 0.429. The van der Waals surface area contributed by atoms with Crippen LogP contribution in [0.2, 0.25) is 0 Å². The molecule has 2 nitrogen and oxygen atoms in total. The molecule has 1 aromatic carbocycles. The topological polar surface area (TPSA) is 27.8 Å². The lowest BCUT2D eigenvalue weighted by Crippen LogP contribution is -2.23. The third-order valence-electron chi connectivity index (χ3n) is 2.93. The minimum atomic E-state index is 0.576. The molecule has 2 aromatic rings. The third kappa shape index (κ3) is 3.11. The lowest BCUT2D eigenvalue weighted by atomic mass is 10.1. The lowest BCUT2D eigenvalue weighted by Gasteiger charge is -2.07. The van der Waals surface area contributed by atoms with Crippen LogP contribution in [-0.4, -0.2) is 17.6 Å². The fourth-order valence-electron chi connectivity index (χ4n) is 2.05. The first kappa shape index (κ1) is 12.7. The van der Waals surface area contributed by atoms with Crippen LogP contribution in [0.4, 0.5) is 0 Å².